The molecule has 3 N–H and O–H groups in total. The molecule has 1 atom stereocenters. The minimum atomic E-state index is -1.85. The van der Waals surface area contributed by atoms with Gasteiger partial charge in [-0.25, -0.2) is 8.78 Å². The van der Waals surface area contributed by atoms with Gasteiger partial charge in [-0.2, -0.15) is 0 Å². The fraction of sp³-hybridized carbons (Fsp3) is 0.190. The van der Waals surface area contributed by atoms with E-state index in [0.717, 1.165) is 12.1 Å². The Labute approximate surface area is 170 Å². The third-order valence-corrected chi connectivity index (χ3v) is 4.87. The van der Waals surface area contributed by atoms with Crippen LogP contribution in [0.15, 0.2) is 61.1 Å². The fourth-order valence-corrected chi connectivity index (χ4v) is 3.26. The van der Waals surface area contributed by atoms with Crippen molar-refractivity contribution in [2.45, 2.75) is 11.6 Å². The highest BCUT2D eigenvalue weighted by molar-refractivity contribution is 6.07. The molecular weight excluding hydrogens is 394 g/mol. The molecule has 9 heteroatoms. The maximum atomic E-state index is 14.6. The molecule has 4 rings (SSSR count). The Hall–Kier alpha value is -3.59. The zero-order chi connectivity index (χ0) is 21.1. The summed E-state index contributed by atoms with van der Waals surface area (Å²) in [7, 11) is 0. The second-order valence-corrected chi connectivity index (χ2v) is 6.85. The molecule has 1 aromatic carbocycles. The van der Waals surface area contributed by atoms with Gasteiger partial charge in [0.2, 0.25) is 0 Å². The second kappa shape index (κ2) is 8.03. The van der Waals surface area contributed by atoms with E-state index in [9.17, 15) is 18.4 Å². The van der Waals surface area contributed by atoms with Gasteiger partial charge in [-0.05, 0) is 36.6 Å². The van der Waals surface area contributed by atoms with Crippen molar-refractivity contribution in [3.05, 3.63) is 83.8 Å². The number of ether oxygens (including phenoxy) is 1. The first-order valence-electron chi connectivity index (χ1n) is 9.22. The Bertz CT molecular complexity index is 1030. The van der Waals surface area contributed by atoms with Gasteiger partial charge in [0.15, 0.2) is 5.54 Å². The number of nitrogens with one attached hydrogen (secondary N) is 3. The van der Waals surface area contributed by atoms with Gasteiger partial charge in [-0.15, -0.1) is 0 Å². The normalized spacial score (nSPS) is 20.2. The van der Waals surface area contributed by atoms with Gasteiger partial charge in [0.25, 0.3) is 11.8 Å². The van der Waals surface area contributed by atoms with E-state index in [1.165, 1.54) is 42.9 Å². The number of amides is 2. The van der Waals surface area contributed by atoms with Crippen LogP contribution in [0.25, 0.3) is 0 Å². The van der Waals surface area contributed by atoms with Crippen molar-refractivity contribution in [3.8, 4) is 0 Å². The van der Waals surface area contributed by atoms with Crippen molar-refractivity contribution in [1.29, 1.82) is 0 Å². The fourth-order valence-electron chi connectivity index (χ4n) is 3.26. The molecule has 0 aliphatic carbocycles. The van der Waals surface area contributed by atoms with Gasteiger partial charge in [0.05, 0.1) is 42.3 Å². The molecule has 2 aromatic rings. The van der Waals surface area contributed by atoms with Crippen LogP contribution in [0, 0.1) is 11.6 Å². The molecule has 1 unspecified atom stereocenters. The van der Waals surface area contributed by atoms with Crippen molar-refractivity contribution < 1.29 is 23.1 Å². The van der Waals surface area contributed by atoms with Gasteiger partial charge in [0, 0.05) is 6.20 Å². The average Bonchev–Trinajstić information content (AvgIpc) is 2.71. The number of halogens is 2. The molecule has 0 bridgehead atoms. The van der Waals surface area contributed by atoms with E-state index in [0.29, 0.717) is 13.2 Å². The van der Waals surface area contributed by atoms with Crippen molar-refractivity contribution in [3.63, 3.8) is 0 Å². The summed E-state index contributed by atoms with van der Waals surface area (Å²) in [6, 6.07) is 4.71. The number of nitrogens with zero attached hydrogens (tertiary/aromatic N) is 1. The van der Waals surface area contributed by atoms with E-state index in [2.05, 4.69) is 20.9 Å². The van der Waals surface area contributed by atoms with Crippen molar-refractivity contribution in [2.24, 2.45) is 0 Å². The molecule has 2 aliphatic heterocycles. The summed E-state index contributed by atoms with van der Waals surface area (Å²) in [5.74, 6) is -2.96. The summed E-state index contributed by atoms with van der Waals surface area (Å²) >= 11 is 0. The van der Waals surface area contributed by atoms with E-state index < -0.39 is 34.6 Å². The van der Waals surface area contributed by atoms with Crippen LogP contribution in [0.4, 0.5) is 14.5 Å². The number of allylic oxidation sites excluding steroid dienone is 2. The highest BCUT2D eigenvalue weighted by Crippen LogP contribution is 2.32. The number of benzene rings is 1. The van der Waals surface area contributed by atoms with Crippen molar-refractivity contribution in [2.75, 3.05) is 18.5 Å². The Morgan fingerprint density at radius 1 is 1.17 bits per heavy atom. The van der Waals surface area contributed by atoms with Crippen LogP contribution in [0.3, 0.4) is 0 Å². The summed E-state index contributed by atoms with van der Waals surface area (Å²) in [6.45, 7) is 0.824. The van der Waals surface area contributed by atoms with Gasteiger partial charge >= 0.3 is 0 Å². The summed E-state index contributed by atoms with van der Waals surface area (Å²) < 4.78 is 34.2. The predicted octanol–water partition coefficient (Wildman–Crippen LogP) is 2.00. The van der Waals surface area contributed by atoms with Gasteiger partial charge in [-0.1, -0.05) is 12.1 Å². The molecule has 1 fully saturated rings. The van der Waals surface area contributed by atoms with E-state index in [1.54, 1.807) is 6.08 Å². The highest BCUT2D eigenvalue weighted by Gasteiger charge is 2.42. The standard InChI is InChI=1S/C21H18F2N4O3/c22-15-4-3-5-16(23)18(15)21(7-1-2-8-25-21)20(29)27-17-10-24-9-6-14(17)19(28)26-13-11-30-12-13/h1-10,13,25H,11-12H2,(H,26,28)(H,27,29). The van der Waals surface area contributed by atoms with Crippen LogP contribution < -0.4 is 16.0 Å². The summed E-state index contributed by atoms with van der Waals surface area (Å²) in [4.78, 5) is 29.8. The number of pyridine rings is 1. The third kappa shape index (κ3) is 3.55. The number of anilines is 1. The van der Waals surface area contributed by atoms with Crippen LogP contribution in [0.5, 0.6) is 0 Å². The Kier molecular flexibility index (Phi) is 5.28. The van der Waals surface area contributed by atoms with Crippen LogP contribution in [0.1, 0.15) is 15.9 Å². The topological polar surface area (TPSA) is 92.3 Å². The maximum absolute atomic E-state index is 14.6. The molecule has 154 valence electrons. The SMILES string of the molecule is O=C(NC1COC1)c1ccncc1NC(=O)C1(c2c(F)cccc2F)C=CC=CN1. The lowest BCUT2D eigenvalue weighted by Crippen LogP contribution is -2.51. The van der Waals surface area contributed by atoms with E-state index in [4.69, 9.17) is 4.74 Å². The van der Waals surface area contributed by atoms with E-state index in [-0.39, 0.29) is 17.3 Å². The molecule has 7 nitrogen and oxygen atoms in total. The summed E-state index contributed by atoms with van der Waals surface area (Å²) in [5, 5.41) is 8.12. The quantitative estimate of drug-likeness (QED) is 0.699. The summed E-state index contributed by atoms with van der Waals surface area (Å²) in [5.41, 5.74) is -2.02. The monoisotopic (exact) mass is 412 g/mol. The number of aromatic nitrogens is 1. The lowest BCUT2D eigenvalue weighted by Gasteiger charge is -2.32. The number of dihydropyridines is 1. The Morgan fingerprint density at radius 3 is 2.57 bits per heavy atom. The lowest BCUT2D eigenvalue weighted by atomic mass is 9.86. The number of carbonyl (C=O) groups is 2. The minimum absolute atomic E-state index is 0.110. The molecule has 0 saturated carbocycles. The Balaban J connectivity index is 1.67. The molecular formula is C21H18F2N4O3. The largest absolute Gasteiger partial charge is 0.377 e. The van der Waals surface area contributed by atoms with E-state index >= 15 is 0 Å². The minimum Gasteiger partial charge on any atom is -0.377 e. The first-order chi connectivity index (χ1) is 14.5. The first kappa shape index (κ1) is 19.7. The van der Waals surface area contributed by atoms with E-state index in [1.807, 2.05) is 0 Å². The molecule has 0 spiro atoms. The maximum Gasteiger partial charge on any atom is 0.259 e. The van der Waals surface area contributed by atoms with Crippen LogP contribution >= 0.6 is 0 Å². The number of rotatable bonds is 5. The number of hydrogen-bond donors (Lipinski definition) is 3. The van der Waals surface area contributed by atoms with Gasteiger partial charge in [0.1, 0.15) is 11.6 Å². The molecule has 2 aliphatic rings. The predicted molar refractivity (Wildman–Crippen MR) is 104 cm³/mol. The second-order valence-electron chi connectivity index (χ2n) is 6.85. The molecule has 0 radical (unpaired) electrons. The highest BCUT2D eigenvalue weighted by atomic mass is 19.1. The molecule has 2 amide bonds. The van der Waals surface area contributed by atoms with Gasteiger partial charge in [-0.3, -0.25) is 14.6 Å². The zero-order valence-electron chi connectivity index (χ0n) is 15.7. The molecule has 1 saturated heterocycles. The summed E-state index contributed by atoms with van der Waals surface area (Å²) in [6.07, 6.45) is 8.58. The van der Waals surface area contributed by atoms with Gasteiger partial charge < -0.3 is 20.7 Å². The zero-order valence-corrected chi connectivity index (χ0v) is 15.7. The smallest absolute Gasteiger partial charge is 0.259 e. The van der Waals surface area contributed by atoms with Crippen LogP contribution in [-0.2, 0) is 15.1 Å². The lowest BCUT2D eigenvalue weighted by molar-refractivity contribution is -0.120. The molecule has 1 aromatic heterocycles. The first-order valence-corrected chi connectivity index (χ1v) is 9.22. The molecule has 3 heterocycles. The number of hydrogen-bond acceptors (Lipinski definition) is 5. The molecule has 30 heavy (non-hydrogen) atoms. The Morgan fingerprint density at radius 2 is 1.93 bits per heavy atom. The van der Waals surface area contributed by atoms with Crippen molar-refractivity contribution >= 4 is 17.5 Å². The van der Waals surface area contributed by atoms with Crippen molar-refractivity contribution in [1.82, 2.24) is 15.6 Å². The van der Waals surface area contributed by atoms with Crippen LogP contribution in [-0.4, -0.2) is 36.1 Å². The number of carbonyl (C=O) groups excluding carboxylic acids is 2. The average molecular weight is 412 g/mol. The third-order valence-electron chi connectivity index (χ3n) is 4.87. The van der Waals surface area contributed by atoms with Crippen LogP contribution in [0.2, 0.25) is 0 Å².